The fourth-order valence-electron chi connectivity index (χ4n) is 4.29. The number of ketones is 2. The molecule has 3 rings (SSSR count). The molecule has 0 spiro atoms. The minimum Gasteiger partial charge on any atom is -0.457 e. The van der Waals surface area contributed by atoms with Gasteiger partial charge in [-0.05, 0) is 56.2 Å². The van der Waals surface area contributed by atoms with Crippen molar-refractivity contribution in [1.29, 1.82) is 0 Å². The zero-order valence-corrected chi connectivity index (χ0v) is 15.2. The molecule has 1 saturated carbocycles. The van der Waals surface area contributed by atoms with Crippen LogP contribution >= 0.6 is 11.6 Å². The first kappa shape index (κ1) is 18.1. The van der Waals surface area contributed by atoms with E-state index in [2.05, 4.69) is 0 Å². The van der Waals surface area contributed by atoms with Crippen LogP contribution in [0.15, 0.2) is 24.3 Å². The average Bonchev–Trinajstić information content (AvgIpc) is 3.07. The Balaban J connectivity index is 1.83. The predicted molar refractivity (Wildman–Crippen MR) is 94.3 cm³/mol. The van der Waals surface area contributed by atoms with Gasteiger partial charge in [0.25, 0.3) is 0 Å². The number of carbonyl (C=O) groups excluding carboxylic acids is 3. The maximum atomic E-state index is 12.5. The molecule has 0 bridgehead atoms. The molecule has 4 nitrogen and oxygen atoms in total. The summed E-state index contributed by atoms with van der Waals surface area (Å²) in [4.78, 5) is 36.6. The number of rotatable bonds is 5. The van der Waals surface area contributed by atoms with E-state index >= 15 is 0 Å². The molecule has 134 valence electrons. The Bertz CT molecular complexity index is 673. The number of esters is 1. The fourth-order valence-corrected chi connectivity index (χ4v) is 4.50. The van der Waals surface area contributed by atoms with Gasteiger partial charge in [0, 0.05) is 11.4 Å². The maximum Gasteiger partial charge on any atom is 0.324 e. The predicted octanol–water partition coefficient (Wildman–Crippen LogP) is 3.92. The molecular weight excluding hydrogens is 340 g/mol. The molecule has 1 aromatic carbocycles. The van der Waals surface area contributed by atoms with Crippen LogP contribution < -0.4 is 0 Å². The first-order valence-electron chi connectivity index (χ1n) is 8.92. The summed E-state index contributed by atoms with van der Waals surface area (Å²) in [7, 11) is 0. The third kappa shape index (κ3) is 3.79. The molecule has 2 fully saturated rings. The van der Waals surface area contributed by atoms with E-state index < -0.39 is 23.3 Å². The molecule has 0 radical (unpaired) electrons. The van der Waals surface area contributed by atoms with Crippen molar-refractivity contribution >= 4 is 29.1 Å². The zero-order valence-electron chi connectivity index (χ0n) is 14.4. The number of hydrogen-bond acceptors (Lipinski definition) is 4. The second-order valence-corrected chi connectivity index (χ2v) is 7.72. The van der Waals surface area contributed by atoms with Crippen LogP contribution in [0.2, 0.25) is 5.02 Å². The van der Waals surface area contributed by atoms with Crippen LogP contribution in [-0.2, 0) is 25.5 Å². The fraction of sp³-hybridized carbons (Fsp3) is 0.550. The number of halogens is 1. The third-order valence-electron chi connectivity index (χ3n) is 5.57. The van der Waals surface area contributed by atoms with Crippen molar-refractivity contribution < 1.29 is 19.1 Å². The standard InChI is InChI=1S/C20H23ClO4/c1-13(22)18-17(23)12-20(25-19(18)24,15-6-2-3-7-15)10-9-14-5-4-8-16(21)11-14/h4-5,8,11,15,18H,2-3,6-7,9-10,12H2,1H3. The van der Waals surface area contributed by atoms with Crippen LogP contribution in [-0.4, -0.2) is 23.1 Å². The molecule has 2 aliphatic rings. The van der Waals surface area contributed by atoms with Crippen molar-refractivity contribution in [3.8, 4) is 0 Å². The van der Waals surface area contributed by atoms with Crippen molar-refractivity contribution in [1.82, 2.24) is 0 Å². The van der Waals surface area contributed by atoms with Gasteiger partial charge in [0.1, 0.15) is 5.60 Å². The van der Waals surface area contributed by atoms with Gasteiger partial charge < -0.3 is 4.74 Å². The van der Waals surface area contributed by atoms with Gasteiger partial charge >= 0.3 is 5.97 Å². The molecule has 0 amide bonds. The smallest absolute Gasteiger partial charge is 0.324 e. The molecule has 1 aliphatic heterocycles. The Hall–Kier alpha value is -1.68. The maximum absolute atomic E-state index is 12.5. The van der Waals surface area contributed by atoms with E-state index in [0.29, 0.717) is 17.9 Å². The minimum absolute atomic E-state index is 0.147. The second-order valence-electron chi connectivity index (χ2n) is 7.28. The highest BCUT2D eigenvalue weighted by Crippen LogP contribution is 2.44. The molecule has 1 aromatic rings. The number of carbonyl (C=O) groups is 3. The quantitative estimate of drug-likeness (QED) is 0.588. The molecule has 2 unspecified atom stereocenters. The van der Waals surface area contributed by atoms with E-state index in [-0.39, 0.29) is 18.1 Å². The zero-order chi connectivity index (χ0) is 18.0. The average molecular weight is 363 g/mol. The lowest BCUT2D eigenvalue weighted by Gasteiger charge is -2.42. The SMILES string of the molecule is CC(=O)C1C(=O)CC(CCc2cccc(Cl)c2)(C2CCCC2)OC1=O. The summed E-state index contributed by atoms with van der Waals surface area (Å²) in [5.41, 5.74) is 0.279. The molecule has 5 heteroatoms. The number of benzene rings is 1. The molecule has 0 aromatic heterocycles. The molecule has 0 N–H and O–H groups in total. The summed E-state index contributed by atoms with van der Waals surface area (Å²) in [6.07, 6.45) is 5.51. The van der Waals surface area contributed by atoms with Crippen LogP contribution in [0.25, 0.3) is 0 Å². The third-order valence-corrected chi connectivity index (χ3v) is 5.80. The molecule has 1 heterocycles. The van der Waals surface area contributed by atoms with Crippen LogP contribution in [0.5, 0.6) is 0 Å². The Kier molecular flexibility index (Phi) is 5.28. The van der Waals surface area contributed by atoms with Crippen molar-refractivity contribution in [2.45, 2.75) is 57.5 Å². The van der Waals surface area contributed by atoms with Crippen LogP contribution in [0.1, 0.15) is 51.0 Å². The van der Waals surface area contributed by atoms with Crippen LogP contribution in [0, 0.1) is 11.8 Å². The Morgan fingerprint density at radius 3 is 2.60 bits per heavy atom. The minimum atomic E-state index is -1.24. The van der Waals surface area contributed by atoms with E-state index in [1.54, 1.807) is 0 Å². The highest BCUT2D eigenvalue weighted by atomic mass is 35.5. The largest absolute Gasteiger partial charge is 0.457 e. The van der Waals surface area contributed by atoms with E-state index in [4.69, 9.17) is 16.3 Å². The first-order chi connectivity index (χ1) is 11.9. The van der Waals surface area contributed by atoms with Crippen molar-refractivity contribution in [3.05, 3.63) is 34.9 Å². The van der Waals surface area contributed by atoms with Crippen molar-refractivity contribution in [3.63, 3.8) is 0 Å². The number of cyclic esters (lactones) is 1. The van der Waals surface area contributed by atoms with Gasteiger partial charge in [-0.3, -0.25) is 14.4 Å². The molecule has 1 saturated heterocycles. The molecule has 25 heavy (non-hydrogen) atoms. The second kappa shape index (κ2) is 7.28. The number of ether oxygens (including phenoxy) is 1. The number of Topliss-reactive ketones (excluding diaryl/α,β-unsaturated/α-hetero) is 2. The van der Waals surface area contributed by atoms with Gasteiger partial charge in [0.05, 0.1) is 0 Å². The normalized spacial score (nSPS) is 27.4. The van der Waals surface area contributed by atoms with Crippen molar-refractivity contribution in [2.24, 2.45) is 11.8 Å². The lowest BCUT2D eigenvalue weighted by molar-refractivity contribution is -0.186. The van der Waals surface area contributed by atoms with E-state index in [0.717, 1.165) is 31.2 Å². The highest BCUT2D eigenvalue weighted by Gasteiger charge is 2.52. The van der Waals surface area contributed by atoms with Gasteiger partial charge in [0.2, 0.25) is 0 Å². The number of hydrogen-bond donors (Lipinski definition) is 0. The Labute approximate surface area is 152 Å². The molecule has 2 atom stereocenters. The lowest BCUT2D eigenvalue weighted by atomic mass is 9.73. The van der Waals surface area contributed by atoms with Crippen LogP contribution in [0.3, 0.4) is 0 Å². The van der Waals surface area contributed by atoms with Gasteiger partial charge in [-0.1, -0.05) is 36.6 Å². The molecular formula is C20H23ClO4. The van der Waals surface area contributed by atoms with E-state index in [9.17, 15) is 14.4 Å². The summed E-state index contributed by atoms with van der Waals surface area (Å²) in [6, 6.07) is 7.59. The van der Waals surface area contributed by atoms with Gasteiger partial charge in [-0.2, -0.15) is 0 Å². The summed E-state index contributed by atoms with van der Waals surface area (Å²) in [5.74, 6) is -2.43. The van der Waals surface area contributed by atoms with E-state index in [1.165, 1.54) is 6.92 Å². The number of aryl methyl sites for hydroxylation is 1. The van der Waals surface area contributed by atoms with Gasteiger partial charge in [-0.25, -0.2) is 0 Å². The summed E-state index contributed by atoms with van der Waals surface area (Å²) >= 11 is 6.05. The van der Waals surface area contributed by atoms with Gasteiger partial charge in [-0.15, -0.1) is 0 Å². The van der Waals surface area contributed by atoms with Crippen molar-refractivity contribution in [2.75, 3.05) is 0 Å². The van der Waals surface area contributed by atoms with Crippen LogP contribution in [0.4, 0.5) is 0 Å². The summed E-state index contributed by atoms with van der Waals surface area (Å²) in [6.45, 7) is 1.28. The molecule has 1 aliphatic carbocycles. The van der Waals surface area contributed by atoms with Gasteiger partial charge in [0.15, 0.2) is 17.5 Å². The Morgan fingerprint density at radius 2 is 2.00 bits per heavy atom. The first-order valence-corrected chi connectivity index (χ1v) is 9.29. The summed E-state index contributed by atoms with van der Waals surface area (Å²) < 4.78 is 5.84. The summed E-state index contributed by atoms with van der Waals surface area (Å²) in [5, 5.41) is 0.667. The highest BCUT2D eigenvalue weighted by molar-refractivity contribution is 6.30. The monoisotopic (exact) mass is 362 g/mol. The lowest BCUT2D eigenvalue weighted by Crippen LogP contribution is -2.53. The topological polar surface area (TPSA) is 60.4 Å². The Morgan fingerprint density at radius 1 is 1.28 bits per heavy atom. The van der Waals surface area contributed by atoms with E-state index in [1.807, 2.05) is 24.3 Å².